The van der Waals surface area contributed by atoms with Crippen molar-refractivity contribution in [3.8, 4) is 11.5 Å². The number of thiophene rings is 1. The van der Waals surface area contributed by atoms with Crippen LogP contribution in [0.25, 0.3) is 11.5 Å². The van der Waals surface area contributed by atoms with Gasteiger partial charge in [0.25, 0.3) is 5.22 Å². The molecule has 3 rings (SSSR count). The first-order chi connectivity index (χ1) is 12.4. The molecule has 0 fully saturated rings. The van der Waals surface area contributed by atoms with Crippen LogP contribution in [0.2, 0.25) is 0 Å². The molecule has 0 saturated heterocycles. The number of amides is 1. The van der Waals surface area contributed by atoms with Gasteiger partial charge in [-0.1, -0.05) is 50.7 Å². The van der Waals surface area contributed by atoms with Crippen molar-refractivity contribution in [3.05, 3.63) is 52.2 Å². The Morgan fingerprint density at radius 3 is 2.62 bits per heavy atom. The minimum atomic E-state index is -0.0577. The quantitative estimate of drug-likeness (QED) is 0.631. The molecule has 1 aromatic carbocycles. The summed E-state index contributed by atoms with van der Waals surface area (Å²) >= 11 is 2.86. The van der Waals surface area contributed by atoms with Crippen molar-refractivity contribution >= 4 is 29.0 Å². The Balaban J connectivity index is 1.53. The van der Waals surface area contributed by atoms with E-state index < -0.39 is 0 Å². The molecule has 0 aliphatic rings. The van der Waals surface area contributed by atoms with Gasteiger partial charge >= 0.3 is 0 Å². The normalized spacial score (nSPS) is 11.5. The number of rotatable bonds is 6. The number of carbonyl (C=O) groups excluding carboxylic acids is 1. The molecule has 2 aromatic heterocycles. The lowest BCUT2D eigenvalue weighted by molar-refractivity contribution is -0.118. The molecular weight excluding hydrogens is 366 g/mol. The number of thioether (sulfide) groups is 1. The lowest BCUT2D eigenvalue weighted by atomic mass is 9.87. The van der Waals surface area contributed by atoms with Gasteiger partial charge in [0.05, 0.1) is 12.3 Å². The van der Waals surface area contributed by atoms with E-state index in [0.29, 0.717) is 17.7 Å². The number of nitrogens with zero attached hydrogens (tertiary/aromatic N) is 2. The van der Waals surface area contributed by atoms with Crippen molar-refractivity contribution in [2.45, 2.75) is 38.0 Å². The Bertz CT molecular complexity index is 850. The summed E-state index contributed by atoms with van der Waals surface area (Å²) in [5, 5.41) is 13.3. The lowest BCUT2D eigenvalue weighted by Gasteiger charge is -2.18. The minimum Gasteiger partial charge on any atom is -0.411 e. The van der Waals surface area contributed by atoms with Gasteiger partial charge in [0.1, 0.15) is 0 Å². The molecule has 0 aliphatic heterocycles. The summed E-state index contributed by atoms with van der Waals surface area (Å²) in [6.07, 6.45) is 0. The first kappa shape index (κ1) is 18.7. The molecule has 0 aliphatic carbocycles. The third kappa shape index (κ3) is 4.95. The third-order valence-corrected chi connectivity index (χ3v) is 5.47. The fraction of sp³-hybridized carbons (Fsp3) is 0.316. The zero-order valence-corrected chi connectivity index (χ0v) is 16.6. The smallest absolute Gasteiger partial charge is 0.277 e. The van der Waals surface area contributed by atoms with Crippen molar-refractivity contribution in [2.75, 3.05) is 5.75 Å². The maximum atomic E-state index is 11.9. The molecule has 26 heavy (non-hydrogen) atoms. The van der Waals surface area contributed by atoms with Crippen LogP contribution in [0.5, 0.6) is 0 Å². The van der Waals surface area contributed by atoms with E-state index in [-0.39, 0.29) is 17.1 Å². The third-order valence-electron chi connectivity index (χ3n) is 3.77. The Kier molecular flexibility index (Phi) is 5.78. The molecule has 0 unspecified atom stereocenters. The molecule has 0 radical (unpaired) electrons. The Morgan fingerprint density at radius 1 is 1.19 bits per heavy atom. The molecule has 3 aromatic rings. The summed E-state index contributed by atoms with van der Waals surface area (Å²) in [5.41, 5.74) is 2.22. The number of benzene rings is 1. The van der Waals surface area contributed by atoms with Crippen LogP contribution in [0.15, 0.2) is 51.4 Å². The highest BCUT2D eigenvalue weighted by Gasteiger charge is 2.15. The van der Waals surface area contributed by atoms with Crippen LogP contribution in [-0.4, -0.2) is 21.9 Å². The molecule has 136 valence electrons. The van der Waals surface area contributed by atoms with Crippen LogP contribution in [0.3, 0.4) is 0 Å². The van der Waals surface area contributed by atoms with Gasteiger partial charge < -0.3 is 9.73 Å². The maximum Gasteiger partial charge on any atom is 0.277 e. The Labute approximate surface area is 161 Å². The number of nitrogens with one attached hydrogen (secondary N) is 1. The van der Waals surface area contributed by atoms with Crippen molar-refractivity contribution in [3.63, 3.8) is 0 Å². The molecule has 2 heterocycles. The SMILES string of the molecule is CC(C)(C)c1ccc(-c2nnc(SCC(=O)NCc3cccs3)o2)cc1. The molecule has 0 spiro atoms. The average molecular weight is 388 g/mol. The molecule has 1 N–H and O–H groups in total. The molecule has 5 nitrogen and oxygen atoms in total. The van der Waals surface area contributed by atoms with E-state index >= 15 is 0 Å². The minimum absolute atomic E-state index is 0.0577. The van der Waals surface area contributed by atoms with Crippen LogP contribution < -0.4 is 5.32 Å². The summed E-state index contributed by atoms with van der Waals surface area (Å²) in [5.74, 6) is 0.653. The summed E-state index contributed by atoms with van der Waals surface area (Å²) in [7, 11) is 0. The standard InChI is InChI=1S/C19H21N3O2S2/c1-19(2,3)14-8-6-13(7-9-14)17-21-22-18(24-17)26-12-16(23)20-11-15-5-4-10-25-15/h4-10H,11-12H2,1-3H3,(H,20,23). The highest BCUT2D eigenvalue weighted by atomic mass is 32.2. The van der Waals surface area contributed by atoms with Crippen LogP contribution in [0.4, 0.5) is 0 Å². The average Bonchev–Trinajstić information content (AvgIpc) is 3.29. The number of aromatic nitrogens is 2. The lowest BCUT2D eigenvalue weighted by Crippen LogP contribution is -2.24. The molecule has 0 bridgehead atoms. The summed E-state index contributed by atoms with van der Waals surface area (Å²) in [4.78, 5) is 13.0. The van der Waals surface area contributed by atoms with E-state index in [4.69, 9.17) is 4.42 Å². The first-order valence-corrected chi connectivity index (χ1v) is 10.1. The van der Waals surface area contributed by atoms with Gasteiger partial charge in [-0.2, -0.15) is 0 Å². The summed E-state index contributed by atoms with van der Waals surface area (Å²) < 4.78 is 5.66. The van der Waals surface area contributed by atoms with Crippen LogP contribution in [0, 0.1) is 0 Å². The second-order valence-corrected chi connectivity index (χ2v) is 8.80. The van der Waals surface area contributed by atoms with Crippen molar-refractivity contribution in [1.29, 1.82) is 0 Å². The zero-order valence-electron chi connectivity index (χ0n) is 15.0. The highest BCUT2D eigenvalue weighted by molar-refractivity contribution is 7.99. The molecular formula is C19H21N3O2S2. The predicted molar refractivity (Wildman–Crippen MR) is 105 cm³/mol. The van der Waals surface area contributed by atoms with E-state index in [1.54, 1.807) is 11.3 Å². The summed E-state index contributed by atoms with van der Waals surface area (Å²) in [6.45, 7) is 7.07. The Hall–Kier alpha value is -2.12. The van der Waals surface area contributed by atoms with Gasteiger partial charge in [-0.3, -0.25) is 4.79 Å². The van der Waals surface area contributed by atoms with E-state index in [2.05, 4.69) is 48.4 Å². The molecule has 7 heteroatoms. The molecule has 0 atom stereocenters. The predicted octanol–water partition coefficient (Wildman–Crippen LogP) is 4.50. The van der Waals surface area contributed by atoms with Gasteiger partial charge in [0.15, 0.2) is 0 Å². The first-order valence-electron chi connectivity index (χ1n) is 8.28. The van der Waals surface area contributed by atoms with E-state index in [0.717, 1.165) is 10.4 Å². The topological polar surface area (TPSA) is 68.0 Å². The van der Waals surface area contributed by atoms with E-state index in [1.165, 1.54) is 17.3 Å². The fourth-order valence-corrected chi connectivity index (χ4v) is 3.51. The van der Waals surface area contributed by atoms with Gasteiger partial charge in [0.2, 0.25) is 11.8 Å². The van der Waals surface area contributed by atoms with Gasteiger partial charge in [-0.25, -0.2) is 0 Å². The second kappa shape index (κ2) is 8.05. The number of hydrogen-bond donors (Lipinski definition) is 1. The van der Waals surface area contributed by atoms with Crippen LogP contribution in [-0.2, 0) is 16.8 Å². The molecule has 0 saturated carbocycles. The number of hydrogen-bond acceptors (Lipinski definition) is 6. The van der Waals surface area contributed by atoms with Gasteiger partial charge in [0, 0.05) is 10.4 Å². The van der Waals surface area contributed by atoms with E-state index in [9.17, 15) is 4.79 Å². The highest BCUT2D eigenvalue weighted by Crippen LogP contribution is 2.27. The Morgan fingerprint density at radius 2 is 1.96 bits per heavy atom. The van der Waals surface area contributed by atoms with Gasteiger partial charge in [-0.05, 0) is 34.6 Å². The number of carbonyl (C=O) groups is 1. The monoisotopic (exact) mass is 387 g/mol. The maximum absolute atomic E-state index is 11.9. The van der Waals surface area contributed by atoms with Crippen molar-refractivity contribution < 1.29 is 9.21 Å². The van der Waals surface area contributed by atoms with Crippen molar-refractivity contribution in [2.24, 2.45) is 0 Å². The fourth-order valence-electron chi connectivity index (χ4n) is 2.27. The van der Waals surface area contributed by atoms with Gasteiger partial charge in [-0.15, -0.1) is 21.5 Å². The largest absolute Gasteiger partial charge is 0.411 e. The molecule has 1 amide bonds. The van der Waals surface area contributed by atoms with Crippen LogP contribution >= 0.6 is 23.1 Å². The summed E-state index contributed by atoms with van der Waals surface area (Å²) in [6, 6.07) is 12.1. The van der Waals surface area contributed by atoms with Crippen molar-refractivity contribution in [1.82, 2.24) is 15.5 Å². The van der Waals surface area contributed by atoms with E-state index in [1.807, 2.05) is 29.6 Å². The van der Waals surface area contributed by atoms with Crippen LogP contribution in [0.1, 0.15) is 31.2 Å². The second-order valence-electron chi connectivity index (χ2n) is 6.85. The zero-order chi connectivity index (χ0) is 18.6.